The van der Waals surface area contributed by atoms with E-state index in [-0.39, 0.29) is 23.8 Å². The molecule has 3 aromatic rings. The minimum Gasteiger partial charge on any atom is -0.401 e. The molecule has 0 radical (unpaired) electrons. The highest BCUT2D eigenvalue weighted by molar-refractivity contribution is 5.91. The maximum atomic E-state index is 12.4. The fraction of sp³-hybridized carbons (Fsp3) is 0.167. The summed E-state index contributed by atoms with van der Waals surface area (Å²) in [5, 5.41) is 11.1. The molecule has 0 bridgehead atoms. The van der Waals surface area contributed by atoms with E-state index in [1.807, 2.05) is 0 Å². The summed E-state index contributed by atoms with van der Waals surface area (Å²) in [6.07, 6.45) is 2.61. The summed E-state index contributed by atoms with van der Waals surface area (Å²) in [5.41, 5.74) is 0.288. The number of hydrogen-bond acceptors (Lipinski definition) is 6. The van der Waals surface area contributed by atoms with Crippen LogP contribution >= 0.6 is 0 Å². The Labute approximate surface area is 153 Å². The maximum Gasteiger partial charge on any atom is 0.433 e. The first-order valence-electron chi connectivity index (χ1n) is 8.17. The van der Waals surface area contributed by atoms with E-state index in [9.17, 15) is 19.7 Å². The normalized spacial score (nSPS) is 11.1. The standard InChI is InChI=1S/C18H16N4O5/c1-2-21(16(23)9-7-12-8-10-17(27-12)22(25)26)11-15-19-14-6-4-3-5-13(14)18(24)20-15/h3-10H,2,11H2,1H3,(H,19,20,24)/b9-7+. The second-order valence-electron chi connectivity index (χ2n) is 5.65. The number of benzene rings is 1. The smallest absolute Gasteiger partial charge is 0.401 e. The van der Waals surface area contributed by atoms with Crippen LogP contribution in [0.15, 0.2) is 51.7 Å². The maximum absolute atomic E-state index is 12.4. The monoisotopic (exact) mass is 368 g/mol. The molecular weight excluding hydrogens is 352 g/mol. The van der Waals surface area contributed by atoms with Gasteiger partial charge >= 0.3 is 5.88 Å². The molecule has 3 rings (SSSR count). The van der Waals surface area contributed by atoms with E-state index in [1.165, 1.54) is 29.2 Å². The molecule has 1 N–H and O–H groups in total. The Bertz CT molecular complexity index is 1080. The number of H-pyrrole nitrogens is 1. The Kier molecular flexibility index (Phi) is 5.11. The molecule has 0 fully saturated rings. The van der Waals surface area contributed by atoms with E-state index < -0.39 is 10.8 Å². The Morgan fingerprint density at radius 2 is 2.11 bits per heavy atom. The highest BCUT2D eigenvalue weighted by Crippen LogP contribution is 2.16. The molecular formula is C18H16N4O5. The van der Waals surface area contributed by atoms with Crippen LogP contribution in [-0.2, 0) is 11.3 Å². The number of nitro groups is 1. The molecule has 1 aromatic carbocycles. The molecule has 9 nitrogen and oxygen atoms in total. The van der Waals surface area contributed by atoms with E-state index in [0.29, 0.717) is 23.3 Å². The van der Waals surface area contributed by atoms with Crippen LogP contribution in [0.25, 0.3) is 17.0 Å². The molecule has 1 amide bonds. The average Bonchev–Trinajstić information content (AvgIpc) is 3.13. The average molecular weight is 368 g/mol. The molecule has 0 spiro atoms. The number of carbonyl (C=O) groups is 1. The Balaban J connectivity index is 1.76. The van der Waals surface area contributed by atoms with Gasteiger partial charge in [-0.2, -0.15) is 0 Å². The van der Waals surface area contributed by atoms with Gasteiger partial charge in [0.2, 0.25) is 5.91 Å². The number of nitrogens with one attached hydrogen (secondary N) is 1. The summed E-state index contributed by atoms with van der Waals surface area (Å²) in [7, 11) is 0. The van der Waals surface area contributed by atoms with Gasteiger partial charge in [-0.05, 0) is 31.2 Å². The molecule has 0 atom stereocenters. The highest BCUT2D eigenvalue weighted by Gasteiger charge is 2.13. The minimum atomic E-state index is -0.654. The van der Waals surface area contributed by atoms with Crippen molar-refractivity contribution in [2.45, 2.75) is 13.5 Å². The third-order valence-corrected chi connectivity index (χ3v) is 3.88. The zero-order valence-electron chi connectivity index (χ0n) is 14.4. The molecule has 27 heavy (non-hydrogen) atoms. The molecule has 0 saturated heterocycles. The van der Waals surface area contributed by atoms with E-state index in [1.54, 1.807) is 31.2 Å². The zero-order valence-corrected chi connectivity index (χ0v) is 14.4. The Hall–Kier alpha value is -3.75. The van der Waals surface area contributed by atoms with Gasteiger partial charge in [-0.25, -0.2) is 4.98 Å². The van der Waals surface area contributed by atoms with Crippen LogP contribution in [0.5, 0.6) is 0 Å². The molecule has 0 unspecified atom stereocenters. The first-order chi connectivity index (χ1) is 13.0. The number of furan rings is 1. The van der Waals surface area contributed by atoms with Crippen LogP contribution in [0.1, 0.15) is 18.5 Å². The predicted molar refractivity (Wildman–Crippen MR) is 97.9 cm³/mol. The van der Waals surface area contributed by atoms with Crippen molar-refractivity contribution < 1.29 is 14.1 Å². The number of hydrogen-bond donors (Lipinski definition) is 1. The molecule has 0 aliphatic rings. The van der Waals surface area contributed by atoms with Crippen molar-refractivity contribution in [1.82, 2.24) is 14.9 Å². The van der Waals surface area contributed by atoms with Crippen molar-refractivity contribution in [3.63, 3.8) is 0 Å². The molecule has 2 heterocycles. The molecule has 138 valence electrons. The van der Waals surface area contributed by atoms with E-state index in [2.05, 4.69) is 9.97 Å². The summed E-state index contributed by atoms with van der Waals surface area (Å²) < 4.78 is 4.97. The second-order valence-corrected chi connectivity index (χ2v) is 5.65. The van der Waals surface area contributed by atoms with Crippen molar-refractivity contribution >= 4 is 28.8 Å². The van der Waals surface area contributed by atoms with Gasteiger partial charge in [-0.15, -0.1) is 0 Å². The van der Waals surface area contributed by atoms with Crippen molar-refractivity contribution in [3.8, 4) is 0 Å². The third-order valence-electron chi connectivity index (χ3n) is 3.88. The van der Waals surface area contributed by atoms with Crippen LogP contribution in [-0.4, -0.2) is 32.2 Å². The van der Waals surface area contributed by atoms with Gasteiger partial charge < -0.3 is 14.3 Å². The van der Waals surface area contributed by atoms with Crippen molar-refractivity contribution in [2.75, 3.05) is 6.54 Å². The quantitative estimate of drug-likeness (QED) is 0.405. The third kappa shape index (κ3) is 4.09. The number of nitrogens with zero attached hydrogens (tertiary/aromatic N) is 3. The van der Waals surface area contributed by atoms with Crippen LogP contribution in [0.2, 0.25) is 0 Å². The lowest BCUT2D eigenvalue weighted by atomic mass is 10.2. The van der Waals surface area contributed by atoms with Crippen molar-refractivity contribution in [3.05, 3.63) is 74.5 Å². The predicted octanol–water partition coefficient (Wildman–Crippen LogP) is 2.49. The zero-order chi connectivity index (χ0) is 19.4. The number of rotatable bonds is 6. The second kappa shape index (κ2) is 7.65. The highest BCUT2D eigenvalue weighted by atomic mass is 16.6. The number of para-hydroxylation sites is 1. The number of carbonyl (C=O) groups excluding carboxylic acids is 1. The lowest BCUT2D eigenvalue weighted by molar-refractivity contribution is -0.402. The Morgan fingerprint density at radius 3 is 2.81 bits per heavy atom. The number of amides is 1. The summed E-state index contributed by atoms with van der Waals surface area (Å²) in [6.45, 7) is 2.30. The molecule has 2 aromatic heterocycles. The lowest BCUT2D eigenvalue weighted by Crippen LogP contribution is -2.30. The number of aromatic amines is 1. The van der Waals surface area contributed by atoms with E-state index in [4.69, 9.17) is 4.42 Å². The van der Waals surface area contributed by atoms with Gasteiger partial charge in [0, 0.05) is 12.6 Å². The molecule has 9 heteroatoms. The SMILES string of the molecule is CCN(Cc1nc2ccccc2c(=O)[nH]1)C(=O)/C=C/c1ccc([N+](=O)[O-])o1. The number of likely N-dealkylation sites (N-methyl/N-ethyl adjacent to an activating group) is 1. The molecule has 0 aliphatic heterocycles. The Morgan fingerprint density at radius 1 is 1.33 bits per heavy atom. The number of aromatic nitrogens is 2. The van der Waals surface area contributed by atoms with Gasteiger partial charge in [0.05, 0.1) is 23.5 Å². The van der Waals surface area contributed by atoms with E-state index in [0.717, 1.165) is 0 Å². The van der Waals surface area contributed by atoms with Crippen molar-refractivity contribution in [2.24, 2.45) is 0 Å². The van der Waals surface area contributed by atoms with Gasteiger partial charge in [0.15, 0.2) is 0 Å². The first-order valence-corrected chi connectivity index (χ1v) is 8.17. The van der Waals surface area contributed by atoms with Crippen LogP contribution in [0.4, 0.5) is 5.88 Å². The van der Waals surface area contributed by atoms with Gasteiger partial charge in [-0.1, -0.05) is 12.1 Å². The van der Waals surface area contributed by atoms with Crippen molar-refractivity contribution in [1.29, 1.82) is 0 Å². The summed E-state index contributed by atoms with van der Waals surface area (Å²) in [6, 6.07) is 9.57. The summed E-state index contributed by atoms with van der Waals surface area (Å²) in [5.74, 6) is -0.168. The fourth-order valence-electron chi connectivity index (χ4n) is 2.52. The van der Waals surface area contributed by atoms with Crippen LogP contribution in [0, 0.1) is 10.1 Å². The molecule has 0 saturated carbocycles. The minimum absolute atomic E-state index is 0.123. The first kappa shape index (κ1) is 18.1. The van der Waals surface area contributed by atoms with Gasteiger partial charge in [0.25, 0.3) is 5.56 Å². The van der Waals surface area contributed by atoms with Crippen LogP contribution in [0.3, 0.4) is 0 Å². The number of fused-ring (bicyclic) bond motifs is 1. The molecule has 0 aliphatic carbocycles. The summed E-state index contributed by atoms with van der Waals surface area (Å²) in [4.78, 5) is 43.0. The topological polar surface area (TPSA) is 122 Å². The van der Waals surface area contributed by atoms with Gasteiger partial charge in [-0.3, -0.25) is 19.7 Å². The van der Waals surface area contributed by atoms with E-state index >= 15 is 0 Å². The summed E-state index contributed by atoms with van der Waals surface area (Å²) >= 11 is 0. The van der Waals surface area contributed by atoms with Crippen LogP contribution < -0.4 is 5.56 Å². The fourth-order valence-corrected chi connectivity index (χ4v) is 2.52. The lowest BCUT2D eigenvalue weighted by Gasteiger charge is -2.18. The van der Waals surface area contributed by atoms with Gasteiger partial charge in [0.1, 0.15) is 16.5 Å². The largest absolute Gasteiger partial charge is 0.433 e.